The standard InChI is InChI=1S/C19H19ClN6O2/c1-3-13(14-7-8-22-19(20)26-14)25-18(27)15-6-5-12(9-23-15)16-10-21-11-17(24-16)28-4-2/h5-11,13H,3-4H2,1-2H3,(H,25,27). The Hall–Kier alpha value is -3.13. The molecular weight excluding hydrogens is 380 g/mol. The molecule has 0 aromatic carbocycles. The second kappa shape index (κ2) is 9.18. The maximum atomic E-state index is 12.6. The van der Waals surface area contributed by atoms with E-state index in [1.54, 1.807) is 43.0 Å². The summed E-state index contributed by atoms with van der Waals surface area (Å²) in [5, 5.41) is 3.05. The van der Waals surface area contributed by atoms with E-state index in [2.05, 4.69) is 30.2 Å². The van der Waals surface area contributed by atoms with Crippen LogP contribution in [0.15, 0.2) is 43.0 Å². The minimum absolute atomic E-state index is 0.142. The van der Waals surface area contributed by atoms with Crippen molar-refractivity contribution in [1.82, 2.24) is 30.2 Å². The number of carbonyl (C=O) groups is 1. The molecule has 9 heteroatoms. The van der Waals surface area contributed by atoms with E-state index in [9.17, 15) is 4.79 Å². The van der Waals surface area contributed by atoms with Gasteiger partial charge in [0.1, 0.15) is 5.69 Å². The van der Waals surface area contributed by atoms with Crippen LogP contribution in [0.4, 0.5) is 0 Å². The normalized spacial score (nSPS) is 11.7. The van der Waals surface area contributed by atoms with Crippen LogP contribution in [-0.4, -0.2) is 37.4 Å². The molecule has 1 atom stereocenters. The number of nitrogens with zero attached hydrogens (tertiary/aromatic N) is 5. The van der Waals surface area contributed by atoms with E-state index in [0.717, 1.165) is 5.56 Å². The summed E-state index contributed by atoms with van der Waals surface area (Å²) < 4.78 is 5.36. The molecule has 0 spiro atoms. The lowest BCUT2D eigenvalue weighted by Crippen LogP contribution is -2.29. The van der Waals surface area contributed by atoms with Gasteiger partial charge in [-0.05, 0) is 43.1 Å². The topological polar surface area (TPSA) is 103 Å². The minimum atomic E-state index is -0.303. The number of hydrogen-bond acceptors (Lipinski definition) is 7. The summed E-state index contributed by atoms with van der Waals surface area (Å²) in [6.07, 6.45) is 6.95. The number of carbonyl (C=O) groups excluding carboxylic acids is 1. The Morgan fingerprint density at radius 2 is 2.00 bits per heavy atom. The van der Waals surface area contributed by atoms with E-state index >= 15 is 0 Å². The first-order chi connectivity index (χ1) is 13.6. The molecule has 0 aliphatic carbocycles. The summed E-state index contributed by atoms with van der Waals surface area (Å²) in [6, 6.07) is 4.84. The Kier molecular flexibility index (Phi) is 6.44. The van der Waals surface area contributed by atoms with E-state index in [1.165, 1.54) is 0 Å². The van der Waals surface area contributed by atoms with E-state index in [1.807, 2.05) is 13.8 Å². The first-order valence-corrected chi connectivity index (χ1v) is 9.19. The fourth-order valence-corrected chi connectivity index (χ4v) is 2.70. The lowest BCUT2D eigenvalue weighted by molar-refractivity contribution is 0.0929. The summed E-state index contributed by atoms with van der Waals surface area (Å²) >= 11 is 5.84. The second-order valence-corrected chi connectivity index (χ2v) is 6.13. The van der Waals surface area contributed by atoms with Crippen molar-refractivity contribution in [2.75, 3.05) is 6.61 Å². The van der Waals surface area contributed by atoms with Gasteiger partial charge in [0.2, 0.25) is 11.2 Å². The summed E-state index contributed by atoms with van der Waals surface area (Å²) in [5.41, 5.74) is 2.29. The van der Waals surface area contributed by atoms with Crippen molar-refractivity contribution in [2.24, 2.45) is 0 Å². The molecule has 1 unspecified atom stereocenters. The highest BCUT2D eigenvalue weighted by molar-refractivity contribution is 6.28. The van der Waals surface area contributed by atoms with Crippen LogP contribution in [-0.2, 0) is 0 Å². The molecule has 3 aromatic rings. The zero-order valence-electron chi connectivity index (χ0n) is 15.5. The number of nitrogens with one attached hydrogen (secondary N) is 1. The molecule has 3 aromatic heterocycles. The summed E-state index contributed by atoms with van der Waals surface area (Å²) in [5.74, 6) is 0.137. The number of pyridine rings is 1. The third kappa shape index (κ3) is 4.77. The van der Waals surface area contributed by atoms with Crippen molar-refractivity contribution in [3.05, 3.63) is 59.7 Å². The zero-order chi connectivity index (χ0) is 19.9. The number of rotatable bonds is 7. The number of aromatic nitrogens is 5. The van der Waals surface area contributed by atoms with Gasteiger partial charge in [-0.2, -0.15) is 0 Å². The smallest absolute Gasteiger partial charge is 0.270 e. The van der Waals surface area contributed by atoms with Gasteiger partial charge in [-0.25, -0.2) is 15.0 Å². The number of ether oxygens (including phenoxy) is 1. The van der Waals surface area contributed by atoms with Crippen molar-refractivity contribution < 1.29 is 9.53 Å². The molecule has 1 amide bonds. The van der Waals surface area contributed by atoms with Crippen LogP contribution < -0.4 is 10.1 Å². The van der Waals surface area contributed by atoms with Gasteiger partial charge in [0.25, 0.3) is 5.91 Å². The van der Waals surface area contributed by atoms with Gasteiger partial charge in [0.15, 0.2) is 0 Å². The Morgan fingerprint density at radius 3 is 2.68 bits per heavy atom. The Morgan fingerprint density at radius 1 is 1.14 bits per heavy atom. The Balaban J connectivity index is 1.73. The summed E-state index contributed by atoms with van der Waals surface area (Å²) in [6.45, 7) is 4.33. The van der Waals surface area contributed by atoms with Crippen LogP contribution >= 0.6 is 11.6 Å². The van der Waals surface area contributed by atoms with Crippen LogP contribution in [0.5, 0.6) is 5.88 Å². The van der Waals surface area contributed by atoms with Crippen molar-refractivity contribution in [3.8, 4) is 17.1 Å². The SMILES string of the molecule is CCOc1cncc(-c2ccc(C(=O)NC(CC)c3ccnc(Cl)n3)nc2)n1. The minimum Gasteiger partial charge on any atom is -0.477 e. The van der Waals surface area contributed by atoms with Gasteiger partial charge in [0, 0.05) is 18.0 Å². The fourth-order valence-electron chi connectivity index (χ4n) is 2.54. The predicted octanol–water partition coefficient (Wildman–Crippen LogP) is 3.26. The van der Waals surface area contributed by atoms with Gasteiger partial charge in [-0.15, -0.1) is 0 Å². The number of hydrogen-bond donors (Lipinski definition) is 1. The van der Waals surface area contributed by atoms with E-state index in [0.29, 0.717) is 30.3 Å². The van der Waals surface area contributed by atoms with E-state index in [4.69, 9.17) is 16.3 Å². The molecule has 0 aliphatic heterocycles. The Bertz CT molecular complexity index is 951. The monoisotopic (exact) mass is 398 g/mol. The van der Waals surface area contributed by atoms with Crippen molar-refractivity contribution in [2.45, 2.75) is 26.3 Å². The average molecular weight is 399 g/mol. The van der Waals surface area contributed by atoms with Gasteiger partial charge in [0.05, 0.1) is 36.4 Å². The summed E-state index contributed by atoms with van der Waals surface area (Å²) in [4.78, 5) is 33.3. The van der Waals surface area contributed by atoms with Crippen molar-refractivity contribution in [1.29, 1.82) is 0 Å². The highest BCUT2D eigenvalue weighted by atomic mass is 35.5. The fraction of sp³-hybridized carbons (Fsp3) is 0.263. The third-order valence-corrected chi connectivity index (χ3v) is 4.10. The molecule has 0 aliphatic rings. The third-order valence-electron chi connectivity index (χ3n) is 3.91. The maximum Gasteiger partial charge on any atom is 0.270 e. The lowest BCUT2D eigenvalue weighted by atomic mass is 10.1. The highest BCUT2D eigenvalue weighted by Crippen LogP contribution is 2.19. The van der Waals surface area contributed by atoms with Gasteiger partial charge in [-0.1, -0.05) is 6.92 Å². The first kappa shape index (κ1) is 19.6. The van der Waals surface area contributed by atoms with Crippen LogP contribution in [0.25, 0.3) is 11.3 Å². The molecular formula is C19H19ClN6O2. The van der Waals surface area contributed by atoms with Gasteiger partial charge < -0.3 is 10.1 Å². The first-order valence-electron chi connectivity index (χ1n) is 8.81. The van der Waals surface area contributed by atoms with Crippen LogP contribution in [0, 0.1) is 0 Å². The van der Waals surface area contributed by atoms with Crippen LogP contribution in [0.2, 0.25) is 5.28 Å². The van der Waals surface area contributed by atoms with Crippen molar-refractivity contribution >= 4 is 17.5 Å². The van der Waals surface area contributed by atoms with E-state index in [-0.39, 0.29) is 22.9 Å². The molecule has 0 bridgehead atoms. The molecule has 1 N–H and O–H groups in total. The van der Waals surface area contributed by atoms with Gasteiger partial charge >= 0.3 is 0 Å². The summed E-state index contributed by atoms with van der Waals surface area (Å²) in [7, 11) is 0. The molecule has 144 valence electrons. The lowest BCUT2D eigenvalue weighted by Gasteiger charge is -2.16. The van der Waals surface area contributed by atoms with Crippen LogP contribution in [0.1, 0.15) is 42.5 Å². The van der Waals surface area contributed by atoms with Crippen LogP contribution in [0.3, 0.4) is 0 Å². The molecule has 28 heavy (non-hydrogen) atoms. The molecule has 0 fully saturated rings. The molecule has 3 heterocycles. The molecule has 0 radical (unpaired) electrons. The average Bonchev–Trinajstić information content (AvgIpc) is 2.72. The Labute approximate surface area is 167 Å². The largest absolute Gasteiger partial charge is 0.477 e. The number of amides is 1. The maximum absolute atomic E-state index is 12.6. The molecule has 3 rings (SSSR count). The predicted molar refractivity (Wildman–Crippen MR) is 104 cm³/mol. The van der Waals surface area contributed by atoms with Gasteiger partial charge in [-0.3, -0.25) is 14.8 Å². The molecule has 0 saturated heterocycles. The quantitative estimate of drug-likeness (QED) is 0.609. The zero-order valence-corrected chi connectivity index (χ0v) is 16.2. The number of halogens is 1. The highest BCUT2D eigenvalue weighted by Gasteiger charge is 2.17. The molecule has 0 saturated carbocycles. The van der Waals surface area contributed by atoms with Crippen molar-refractivity contribution in [3.63, 3.8) is 0 Å². The van der Waals surface area contributed by atoms with E-state index < -0.39 is 0 Å². The molecule has 8 nitrogen and oxygen atoms in total. The second-order valence-electron chi connectivity index (χ2n) is 5.79.